The fraction of sp³-hybridized carbons (Fsp3) is 0.462. The molecule has 2 rings (SSSR count). The number of nitrogens with two attached hydrogens (primary N) is 1. The zero-order valence-electron chi connectivity index (χ0n) is 10.3. The molecular weight excluding hydrogens is 252 g/mol. The van der Waals surface area contributed by atoms with Crippen LogP contribution in [0.2, 0.25) is 5.02 Å². The summed E-state index contributed by atoms with van der Waals surface area (Å²) in [6.07, 6.45) is 1.54. The molecule has 1 aromatic carbocycles. The Labute approximate surface area is 111 Å². The molecule has 1 aromatic rings. The Balaban J connectivity index is 2.05. The van der Waals surface area contributed by atoms with Gasteiger partial charge in [-0.3, -0.25) is 4.79 Å². The zero-order valence-corrected chi connectivity index (χ0v) is 11.0. The lowest BCUT2D eigenvalue weighted by Gasteiger charge is -2.17. The highest BCUT2D eigenvalue weighted by Crippen LogP contribution is 2.29. The van der Waals surface area contributed by atoms with E-state index >= 15 is 0 Å². The van der Waals surface area contributed by atoms with Crippen molar-refractivity contribution in [1.82, 2.24) is 5.32 Å². The lowest BCUT2D eigenvalue weighted by atomic mass is 10.2. The Kier molecular flexibility index (Phi) is 4.09. The summed E-state index contributed by atoms with van der Waals surface area (Å²) in [7, 11) is 0. The first-order valence-electron chi connectivity index (χ1n) is 6.06. The highest BCUT2D eigenvalue weighted by molar-refractivity contribution is 6.32. The van der Waals surface area contributed by atoms with Crippen molar-refractivity contribution in [3.05, 3.63) is 28.8 Å². The fourth-order valence-electron chi connectivity index (χ4n) is 1.62. The molecule has 1 aliphatic rings. The van der Waals surface area contributed by atoms with E-state index in [0.717, 1.165) is 18.4 Å². The number of rotatable bonds is 5. The smallest absolute Gasteiger partial charge is 0.260 e. The van der Waals surface area contributed by atoms with Crippen LogP contribution >= 0.6 is 11.6 Å². The van der Waals surface area contributed by atoms with Gasteiger partial charge < -0.3 is 15.8 Å². The average Bonchev–Trinajstić information content (AvgIpc) is 3.15. The van der Waals surface area contributed by atoms with Gasteiger partial charge in [-0.2, -0.15) is 0 Å². The summed E-state index contributed by atoms with van der Waals surface area (Å²) >= 11 is 6.06. The standard InChI is InChI=1S/C13H17ClN2O2/c1-8(13(17)16-10-5-6-10)18-12-9(7-15)3-2-4-11(12)14/h2-4,8,10H,5-7,15H2,1H3,(H,16,17). The van der Waals surface area contributed by atoms with E-state index in [4.69, 9.17) is 22.1 Å². The van der Waals surface area contributed by atoms with Crippen LogP contribution in [0.4, 0.5) is 0 Å². The largest absolute Gasteiger partial charge is 0.479 e. The molecule has 1 aliphatic carbocycles. The minimum atomic E-state index is -0.573. The zero-order chi connectivity index (χ0) is 13.1. The van der Waals surface area contributed by atoms with Gasteiger partial charge in [-0.25, -0.2) is 0 Å². The van der Waals surface area contributed by atoms with Crippen molar-refractivity contribution in [2.75, 3.05) is 0 Å². The lowest BCUT2D eigenvalue weighted by Crippen LogP contribution is -2.37. The maximum atomic E-state index is 11.8. The van der Waals surface area contributed by atoms with Crippen LogP contribution < -0.4 is 15.8 Å². The summed E-state index contributed by atoms with van der Waals surface area (Å²) in [4.78, 5) is 11.8. The molecule has 4 nitrogen and oxygen atoms in total. The van der Waals surface area contributed by atoms with Gasteiger partial charge in [0.1, 0.15) is 5.75 Å². The van der Waals surface area contributed by atoms with Gasteiger partial charge in [-0.05, 0) is 25.8 Å². The first kappa shape index (κ1) is 13.2. The van der Waals surface area contributed by atoms with Gasteiger partial charge >= 0.3 is 0 Å². The topological polar surface area (TPSA) is 64.3 Å². The van der Waals surface area contributed by atoms with E-state index in [1.807, 2.05) is 12.1 Å². The second-order valence-corrected chi connectivity index (χ2v) is 4.88. The molecular formula is C13H17ClN2O2. The number of halogens is 1. The van der Waals surface area contributed by atoms with Crippen molar-refractivity contribution >= 4 is 17.5 Å². The quantitative estimate of drug-likeness (QED) is 0.857. The molecule has 3 N–H and O–H groups in total. The first-order valence-corrected chi connectivity index (χ1v) is 6.44. The number of hydrogen-bond acceptors (Lipinski definition) is 3. The van der Waals surface area contributed by atoms with Gasteiger partial charge in [-0.1, -0.05) is 23.7 Å². The normalized spacial score (nSPS) is 16.2. The second-order valence-electron chi connectivity index (χ2n) is 4.48. The van der Waals surface area contributed by atoms with Crippen molar-refractivity contribution in [3.8, 4) is 5.75 Å². The van der Waals surface area contributed by atoms with Crippen molar-refractivity contribution in [3.63, 3.8) is 0 Å². The summed E-state index contributed by atoms with van der Waals surface area (Å²) in [5.74, 6) is 0.389. The van der Waals surface area contributed by atoms with E-state index in [2.05, 4.69) is 5.32 Å². The number of ether oxygens (including phenoxy) is 1. The molecule has 1 saturated carbocycles. The number of carbonyl (C=O) groups is 1. The minimum Gasteiger partial charge on any atom is -0.479 e. The first-order chi connectivity index (χ1) is 8.61. The Hall–Kier alpha value is -1.26. The number of amides is 1. The fourth-order valence-corrected chi connectivity index (χ4v) is 1.86. The predicted molar refractivity (Wildman–Crippen MR) is 70.6 cm³/mol. The summed E-state index contributed by atoms with van der Waals surface area (Å²) in [5.41, 5.74) is 6.42. The molecule has 0 aliphatic heterocycles. The monoisotopic (exact) mass is 268 g/mol. The van der Waals surface area contributed by atoms with E-state index in [0.29, 0.717) is 23.4 Å². The SMILES string of the molecule is CC(Oc1c(Cl)cccc1CN)C(=O)NC1CC1. The van der Waals surface area contributed by atoms with E-state index in [9.17, 15) is 4.79 Å². The van der Waals surface area contributed by atoms with Crippen molar-refractivity contribution in [1.29, 1.82) is 0 Å². The number of hydrogen-bond donors (Lipinski definition) is 2. The summed E-state index contributed by atoms with van der Waals surface area (Å²) in [6, 6.07) is 5.70. The Morgan fingerprint density at radius 3 is 2.94 bits per heavy atom. The second kappa shape index (κ2) is 5.59. The van der Waals surface area contributed by atoms with Crippen LogP contribution in [0, 0.1) is 0 Å². The molecule has 1 atom stereocenters. The van der Waals surface area contributed by atoms with Crippen LogP contribution in [0.15, 0.2) is 18.2 Å². The summed E-state index contributed by atoms with van der Waals surface area (Å²) in [5, 5.41) is 3.37. The number of carbonyl (C=O) groups excluding carboxylic acids is 1. The molecule has 18 heavy (non-hydrogen) atoms. The van der Waals surface area contributed by atoms with Crippen LogP contribution in [0.3, 0.4) is 0 Å². The van der Waals surface area contributed by atoms with E-state index in [-0.39, 0.29) is 5.91 Å². The third kappa shape index (κ3) is 3.15. The highest BCUT2D eigenvalue weighted by atomic mass is 35.5. The van der Waals surface area contributed by atoms with E-state index < -0.39 is 6.10 Å². The molecule has 0 radical (unpaired) electrons. The maximum absolute atomic E-state index is 11.8. The van der Waals surface area contributed by atoms with Crippen molar-refractivity contribution < 1.29 is 9.53 Å². The maximum Gasteiger partial charge on any atom is 0.260 e. The minimum absolute atomic E-state index is 0.111. The third-order valence-electron chi connectivity index (χ3n) is 2.86. The van der Waals surface area contributed by atoms with Crippen LogP contribution in [-0.2, 0) is 11.3 Å². The third-order valence-corrected chi connectivity index (χ3v) is 3.15. The number of nitrogens with one attached hydrogen (secondary N) is 1. The van der Waals surface area contributed by atoms with Gasteiger partial charge in [0.2, 0.25) is 0 Å². The van der Waals surface area contributed by atoms with Crippen LogP contribution in [0.5, 0.6) is 5.75 Å². The lowest BCUT2D eigenvalue weighted by molar-refractivity contribution is -0.127. The van der Waals surface area contributed by atoms with Crippen molar-refractivity contribution in [2.24, 2.45) is 5.73 Å². The molecule has 98 valence electrons. The Morgan fingerprint density at radius 2 is 2.33 bits per heavy atom. The van der Waals surface area contributed by atoms with E-state index in [1.54, 1.807) is 13.0 Å². The van der Waals surface area contributed by atoms with Crippen LogP contribution in [0.1, 0.15) is 25.3 Å². The van der Waals surface area contributed by atoms with Gasteiger partial charge in [-0.15, -0.1) is 0 Å². The molecule has 0 heterocycles. The Morgan fingerprint density at radius 1 is 1.61 bits per heavy atom. The van der Waals surface area contributed by atoms with E-state index in [1.165, 1.54) is 0 Å². The number of benzene rings is 1. The summed E-state index contributed by atoms with van der Waals surface area (Å²) < 4.78 is 5.63. The highest BCUT2D eigenvalue weighted by Gasteiger charge is 2.26. The molecule has 5 heteroatoms. The molecule has 0 saturated heterocycles. The Bertz CT molecular complexity index is 447. The molecule has 1 unspecified atom stereocenters. The van der Waals surface area contributed by atoms with Crippen LogP contribution in [0.25, 0.3) is 0 Å². The molecule has 0 spiro atoms. The van der Waals surface area contributed by atoms with Gasteiger partial charge in [0.05, 0.1) is 5.02 Å². The predicted octanol–water partition coefficient (Wildman–Crippen LogP) is 1.84. The van der Waals surface area contributed by atoms with Gasteiger partial charge in [0, 0.05) is 18.2 Å². The summed E-state index contributed by atoms with van der Waals surface area (Å²) in [6.45, 7) is 2.04. The molecule has 1 amide bonds. The molecule has 0 aromatic heterocycles. The number of para-hydroxylation sites is 1. The average molecular weight is 269 g/mol. The van der Waals surface area contributed by atoms with Gasteiger partial charge in [0.15, 0.2) is 6.10 Å². The van der Waals surface area contributed by atoms with Gasteiger partial charge in [0.25, 0.3) is 5.91 Å². The van der Waals surface area contributed by atoms with Crippen molar-refractivity contribution in [2.45, 2.75) is 38.5 Å². The molecule has 1 fully saturated rings. The molecule has 0 bridgehead atoms. The van der Waals surface area contributed by atoms with Crippen LogP contribution in [-0.4, -0.2) is 18.1 Å².